The highest BCUT2D eigenvalue weighted by Gasteiger charge is 2.27. The zero-order valence-electron chi connectivity index (χ0n) is 13.3. The molecule has 1 nitrogen and oxygen atoms in total. The van der Waals surface area contributed by atoms with Crippen molar-refractivity contribution in [3.8, 4) is 0 Å². The molecule has 0 bridgehead atoms. The second-order valence-corrected chi connectivity index (χ2v) is 6.67. The van der Waals surface area contributed by atoms with Crippen LogP contribution in [-0.4, -0.2) is 13.1 Å². The number of benzene rings is 1. The molecular formula is C19H31N. The van der Waals surface area contributed by atoms with Gasteiger partial charge in [0.1, 0.15) is 0 Å². The lowest BCUT2D eigenvalue weighted by Gasteiger charge is -2.35. The maximum atomic E-state index is 3.65. The van der Waals surface area contributed by atoms with Crippen molar-refractivity contribution in [1.82, 2.24) is 5.32 Å². The van der Waals surface area contributed by atoms with E-state index in [0.29, 0.717) is 0 Å². The lowest BCUT2D eigenvalue weighted by atomic mass is 9.72. The maximum absolute atomic E-state index is 3.65. The summed E-state index contributed by atoms with van der Waals surface area (Å²) in [5.41, 5.74) is 1.51. The second kappa shape index (κ2) is 8.46. The smallest absolute Gasteiger partial charge is 0.00179 e. The standard InChI is InChI=1S/C19H31N/c1-3-13-20-15-19-11-9-16(2)14-18(19)12-10-17-7-5-4-6-8-17/h4-8,16,18-20H,3,9-15H2,1-2H3. The van der Waals surface area contributed by atoms with Gasteiger partial charge in [0.15, 0.2) is 0 Å². The number of hydrogen-bond donors (Lipinski definition) is 1. The van der Waals surface area contributed by atoms with Crippen molar-refractivity contribution in [1.29, 1.82) is 0 Å². The molecule has 1 aromatic carbocycles. The Kier molecular flexibility index (Phi) is 6.59. The molecule has 0 aliphatic heterocycles. The van der Waals surface area contributed by atoms with Crippen molar-refractivity contribution in [2.24, 2.45) is 17.8 Å². The quantitative estimate of drug-likeness (QED) is 0.712. The lowest BCUT2D eigenvalue weighted by Crippen LogP contribution is -2.33. The molecule has 0 aromatic heterocycles. The predicted octanol–water partition coefficient (Wildman–Crippen LogP) is 4.67. The van der Waals surface area contributed by atoms with Gasteiger partial charge in [0.05, 0.1) is 0 Å². The first-order valence-corrected chi connectivity index (χ1v) is 8.54. The molecule has 20 heavy (non-hydrogen) atoms. The van der Waals surface area contributed by atoms with Crippen LogP contribution in [-0.2, 0) is 6.42 Å². The van der Waals surface area contributed by atoms with Crippen molar-refractivity contribution in [3.05, 3.63) is 35.9 Å². The summed E-state index contributed by atoms with van der Waals surface area (Å²) >= 11 is 0. The summed E-state index contributed by atoms with van der Waals surface area (Å²) in [6.45, 7) is 7.10. The fourth-order valence-corrected chi connectivity index (χ4v) is 3.64. The second-order valence-electron chi connectivity index (χ2n) is 6.67. The molecular weight excluding hydrogens is 242 g/mol. The zero-order chi connectivity index (χ0) is 14.2. The van der Waals surface area contributed by atoms with Gasteiger partial charge >= 0.3 is 0 Å². The van der Waals surface area contributed by atoms with Gasteiger partial charge in [0.2, 0.25) is 0 Å². The van der Waals surface area contributed by atoms with Crippen LogP contribution in [0, 0.1) is 17.8 Å². The molecule has 0 saturated heterocycles. The monoisotopic (exact) mass is 273 g/mol. The van der Waals surface area contributed by atoms with Gasteiger partial charge in [-0.05, 0) is 68.5 Å². The fourth-order valence-electron chi connectivity index (χ4n) is 3.64. The van der Waals surface area contributed by atoms with E-state index in [4.69, 9.17) is 0 Å². The third-order valence-electron chi connectivity index (χ3n) is 4.88. The van der Waals surface area contributed by atoms with Crippen LogP contribution in [0.1, 0.15) is 51.5 Å². The summed E-state index contributed by atoms with van der Waals surface area (Å²) in [5, 5.41) is 3.65. The molecule has 0 heterocycles. The van der Waals surface area contributed by atoms with Gasteiger partial charge < -0.3 is 5.32 Å². The molecule has 2 rings (SSSR count). The fraction of sp³-hybridized carbons (Fsp3) is 0.684. The average Bonchev–Trinajstić information content (AvgIpc) is 2.48. The minimum absolute atomic E-state index is 0.904. The Morgan fingerprint density at radius 2 is 1.90 bits per heavy atom. The van der Waals surface area contributed by atoms with Crippen molar-refractivity contribution in [2.45, 2.75) is 52.4 Å². The molecule has 1 heteroatoms. The van der Waals surface area contributed by atoms with Crippen LogP contribution in [0.5, 0.6) is 0 Å². The molecule has 1 N–H and O–H groups in total. The molecule has 0 spiro atoms. The van der Waals surface area contributed by atoms with Crippen LogP contribution < -0.4 is 5.32 Å². The summed E-state index contributed by atoms with van der Waals surface area (Å²) in [7, 11) is 0. The molecule has 1 aliphatic carbocycles. The van der Waals surface area contributed by atoms with Crippen LogP contribution >= 0.6 is 0 Å². The first kappa shape index (κ1) is 15.6. The molecule has 112 valence electrons. The highest BCUT2D eigenvalue weighted by Crippen LogP contribution is 2.36. The molecule has 0 radical (unpaired) electrons. The summed E-state index contributed by atoms with van der Waals surface area (Å²) in [6.07, 6.45) is 8.16. The van der Waals surface area contributed by atoms with E-state index in [2.05, 4.69) is 49.5 Å². The Labute approximate surface area is 125 Å². The topological polar surface area (TPSA) is 12.0 Å². The first-order chi connectivity index (χ1) is 9.79. The average molecular weight is 273 g/mol. The van der Waals surface area contributed by atoms with Crippen molar-refractivity contribution >= 4 is 0 Å². The van der Waals surface area contributed by atoms with Gasteiger partial charge in [0.25, 0.3) is 0 Å². The maximum Gasteiger partial charge on any atom is -0.00179 e. The van der Waals surface area contributed by atoms with Gasteiger partial charge in [-0.1, -0.05) is 50.6 Å². The Hall–Kier alpha value is -0.820. The van der Waals surface area contributed by atoms with Gasteiger partial charge in [-0.3, -0.25) is 0 Å². The molecule has 1 aromatic rings. The third kappa shape index (κ3) is 4.94. The van der Waals surface area contributed by atoms with Crippen molar-refractivity contribution in [2.75, 3.05) is 13.1 Å². The predicted molar refractivity (Wildman–Crippen MR) is 87.9 cm³/mol. The normalized spacial score (nSPS) is 26.6. The Balaban J connectivity index is 1.83. The van der Waals surface area contributed by atoms with E-state index in [0.717, 1.165) is 17.8 Å². The van der Waals surface area contributed by atoms with E-state index >= 15 is 0 Å². The van der Waals surface area contributed by atoms with E-state index in [1.807, 2.05) is 0 Å². The Morgan fingerprint density at radius 3 is 2.65 bits per heavy atom. The van der Waals surface area contributed by atoms with E-state index in [1.165, 1.54) is 57.2 Å². The van der Waals surface area contributed by atoms with E-state index < -0.39 is 0 Å². The molecule has 1 fully saturated rings. The summed E-state index contributed by atoms with van der Waals surface area (Å²) in [5.74, 6) is 2.75. The van der Waals surface area contributed by atoms with Gasteiger partial charge in [-0.15, -0.1) is 0 Å². The number of rotatable bonds is 7. The largest absolute Gasteiger partial charge is 0.316 e. The minimum Gasteiger partial charge on any atom is -0.316 e. The summed E-state index contributed by atoms with van der Waals surface area (Å²) in [6, 6.07) is 11.0. The van der Waals surface area contributed by atoms with E-state index in [-0.39, 0.29) is 0 Å². The molecule has 1 aliphatic rings. The highest BCUT2D eigenvalue weighted by atomic mass is 14.9. The lowest BCUT2D eigenvalue weighted by molar-refractivity contribution is 0.175. The molecule has 1 saturated carbocycles. The summed E-state index contributed by atoms with van der Waals surface area (Å²) < 4.78 is 0. The molecule has 3 atom stereocenters. The minimum atomic E-state index is 0.904. The molecule has 3 unspecified atom stereocenters. The van der Waals surface area contributed by atoms with Gasteiger partial charge in [-0.2, -0.15) is 0 Å². The van der Waals surface area contributed by atoms with Crippen LogP contribution in [0.15, 0.2) is 30.3 Å². The van der Waals surface area contributed by atoms with Crippen molar-refractivity contribution < 1.29 is 0 Å². The third-order valence-corrected chi connectivity index (χ3v) is 4.88. The van der Waals surface area contributed by atoms with E-state index in [9.17, 15) is 0 Å². The van der Waals surface area contributed by atoms with Crippen LogP contribution in [0.25, 0.3) is 0 Å². The Bertz CT molecular complexity index is 359. The Morgan fingerprint density at radius 1 is 1.10 bits per heavy atom. The van der Waals surface area contributed by atoms with Crippen LogP contribution in [0.2, 0.25) is 0 Å². The van der Waals surface area contributed by atoms with Gasteiger partial charge in [-0.25, -0.2) is 0 Å². The number of hydrogen-bond acceptors (Lipinski definition) is 1. The van der Waals surface area contributed by atoms with Gasteiger partial charge in [0, 0.05) is 0 Å². The number of nitrogens with one attached hydrogen (secondary N) is 1. The van der Waals surface area contributed by atoms with E-state index in [1.54, 1.807) is 0 Å². The van der Waals surface area contributed by atoms with Crippen molar-refractivity contribution in [3.63, 3.8) is 0 Å². The summed E-state index contributed by atoms with van der Waals surface area (Å²) in [4.78, 5) is 0. The molecule has 0 amide bonds. The van der Waals surface area contributed by atoms with Crippen LogP contribution in [0.4, 0.5) is 0 Å². The zero-order valence-corrected chi connectivity index (χ0v) is 13.3. The highest BCUT2D eigenvalue weighted by molar-refractivity contribution is 5.14. The first-order valence-electron chi connectivity index (χ1n) is 8.54. The number of aryl methyl sites for hydroxylation is 1. The van der Waals surface area contributed by atoms with Crippen LogP contribution in [0.3, 0.4) is 0 Å². The SMILES string of the molecule is CCCNCC1CCC(C)CC1CCc1ccccc1.